The van der Waals surface area contributed by atoms with Gasteiger partial charge >= 0.3 is 0 Å². The van der Waals surface area contributed by atoms with Crippen molar-refractivity contribution >= 4 is 123 Å². The van der Waals surface area contributed by atoms with E-state index in [4.69, 9.17) is 79.2 Å². The number of morpholine rings is 2. The largest absolute Gasteiger partial charge is 0.495 e. The fraction of sp³-hybridized carbons (Fsp3) is 0.218. The van der Waals surface area contributed by atoms with Crippen LogP contribution in [0, 0.1) is 0 Å². The van der Waals surface area contributed by atoms with Crippen molar-refractivity contribution in [2.24, 2.45) is 5.73 Å². The fourth-order valence-corrected chi connectivity index (χ4v) is 13.0. The lowest BCUT2D eigenvalue weighted by molar-refractivity contribution is 0.0303. The highest BCUT2D eigenvalue weighted by Gasteiger charge is 2.24. The van der Waals surface area contributed by atoms with E-state index in [1.54, 1.807) is 153 Å². The summed E-state index contributed by atoms with van der Waals surface area (Å²) >= 11 is 6.44. The number of nitrogens with two attached hydrogens (primary N) is 6. The Morgan fingerprint density at radius 2 is 0.767 bits per heavy atom. The molecule has 2 aliphatic heterocycles. The average Bonchev–Trinajstić information content (AvgIpc) is 1.69. The number of carbonyl (C=O) groups excluding carboxylic acids is 3. The fourth-order valence-electron chi connectivity index (χ4n) is 12.8. The highest BCUT2D eigenvalue weighted by atomic mass is 35.5. The highest BCUT2D eigenvalue weighted by molar-refractivity contribution is 6.33. The minimum absolute atomic E-state index is 0.0644. The van der Waals surface area contributed by atoms with Gasteiger partial charge in [0.25, 0.3) is 11.8 Å². The molecule has 46 heteroatoms. The van der Waals surface area contributed by atoms with Crippen LogP contribution < -0.4 is 94.9 Å². The van der Waals surface area contributed by atoms with E-state index in [0.717, 1.165) is 44.3 Å². The number of aromatic nitrogens is 20. The molecule has 133 heavy (non-hydrogen) atoms. The van der Waals surface area contributed by atoms with Crippen LogP contribution in [-0.4, -0.2) is 241 Å². The number of amides is 3. The predicted molar refractivity (Wildman–Crippen MR) is 503 cm³/mol. The van der Waals surface area contributed by atoms with E-state index in [9.17, 15) is 14.4 Å². The van der Waals surface area contributed by atoms with Gasteiger partial charge in [-0.05, 0) is 174 Å². The van der Waals surface area contributed by atoms with Crippen LogP contribution in [0.4, 0.5) is 93.6 Å². The third-order valence-electron chi connectivity index (χ3n) is 19.2. The first-order valence-corrected chi connectivity index (χ1v) is 41.7. The molecule has 0 aliphatic carbocycles. The molecule has 18 N–H and O–H groups in total. The van der Waals surface area contributed by atoms with Crippen molar-refractivity contribution in [1.82, 2.24) is 114 Å². The summed E-state index contributed by atoms with van der Waals surface area (Å²) in [5, 5.41) is 40.5. The Morgan fingerprint density at radius 3 is 1.13 bits per heavy atom. The van der Waals surface area contributed by atoms with Gasteiger partial charge in [-0.25, -0.2) is 24.9 Å². The van der Waals surface area contributed by atoms with Gasteiger partial charge in [0.05, 0.1) is 94.4 Å². The lowest BCUT2D eigenvalue weighted by Crippen LogP contribution is -2.40. The molecule has 17 rings (SSSR count). The number of hydrogen-bond donors (Lipinski definition) is 12. The molecule has 2 fully saturated rings. The number of ether oxygens (including phenoxy) is 7. The second kappa shape index (κ2) is 45.6. The lowest BCUT2D eigenvalue weighted by atomic mass is 10.1. The molecule has 688 valence electrons. The summed E-state index contributed by atoms with van der Waals surface area (Å²) in [6.07, 6.45) is 8.26. The van der Waals surface area contributed by atoms with Crippen LogP contribution >= 0.6 is 11.6 Å². The van der Waals surface area contributed by atoms with Gasteiger partial charge in [-0.3, -0.25) is 14.4 Å². The number of anilines is 16. The minimum Gasteiger partial charge on any atom is -0.495 e. The minimum atomic E-state index is -0.549. The molecule has 0 bridgehead atoms. The van der Waals surface area contributed by atoms with Gasteiger partial charge < -0.3 is 114 Å². The summed E-state index contributed by atoms with van der Waals surface area (Å²) in [6.45, 7) is 11.7. The van der Waals surface area contributed by atoms with Crippen molar-refractivity contribution in [3.63, 3.8) is 0 Å². The van der Waals surface area contributed by atoms with Crippen LogP contribution in [0.25, 0.3) is 29.1 Å². The van der Waals surface area contributed by atoms with Crippen LogP contribution in [0.3, 0.4) is 0 Å². The first-order valence-electron chi connectivity index (χ1n) is 41.3. The summed E-state index contributed by atoms with van der Waals surface area (Å²) in [7, 11) is 8.51. The summed E-state index contributed by atoms with van der Waals surface area (Å²) in [4.78, 5) is 84.6. The summed E-state index contributed by atoms with van der Waals surface area (Å²) < 4.78 is 45.1. The number of hydrogen-bond acceptors (Lipinski definition) is 37. The maximum Gasteiger partial charge on any atom is 0.254 e. The van der Waals surface area contributed by atoms with E-state index in [2.05, 4.69) is 112 Å². The highest BCUT2D eigenvalue weighted by Crippen LogP contribution is 2.36. The molecule has 0 spiro atoms. The molecular weight excluding hydrogens is 1730 g/mol. The van der Waals surface area contributed by atoms with Gasteiger partial charge in [0.15, 0.2) is 29.1 Å². The Morgan fingerprint density at radius 1 is 0.414 bits per heavy atom. The zero-order chi connectivity index (χ0) is 93.7. The Kier molecular flexibility index (Phi) is 32.1. The molecule has 0 unspecified atom stereocenters. The molecule has 2 aliphatic rings. The van der Waals surface area contributed by atoms with E-state index in [1.807, 2.05) is 112 Å². The number of rotatable bonds is 29. The monoisotopic (exact) mass is 1830 g/mol. The van der Waals surface area contributed by atoms with E-state index in [-0.39, 0.29) is 59.4 Å². The Bertz CT molecular complexity index is 6340. The smallest absolute Gasteiger partial charge is 0.254 e. The van der Waals surface area contributed by atoms with Crippen LogP contribution in [0.1, 0.15) is 44.9 Å². The quantitative estimate of drug-likeness (QED) is 0.0208. The van der Waals surface area contributed by atoms with Crippen molar-refractivity contribution in [2.75, 3.05) is 174 Å². The maximum atomic E-state index is 12.8. The number of nitrogens with one attached hydrogen (secondary N) is 6. The average molecular weight is 1830 g/mol. The number of nitrogen functional groups attached to an aromatic ring is 5. The summed E-state index contributed by atoms with van der Waals surface area (Å²) in [6, 6.07) is 53.5. The molecule has 15 aromatic rings. The molecular formula is C87H98ClN35O10. The van der Waals surface area contributed by atoms with Crippen LogP contribution in [-0.2, 0) is 9.47 Å². The van der Waals surface area contributed by atoms with Gasteiger partial charge in [-0.2, -0.15) is 48.3 Å². The zero-order valence-corrected chi connectivity index (χ0v) is 74.2. The molecule has 10 aromatic heterocycles. The van der Waals surface area contributed by atoms with Gasteiger partial charge in [0.1, 0.15) is 28.7 Å². The van der Waals surface area contributed by atoms with Crippen molar-refractivity contribution in [1.29, 1.82) is 0 Å². The van der Waals surface area contributed by atoms with E-state index in [1.165, 1.54) is 30.5 Å². The van der Waals surface area contributed by atoms with E-state index < -0.39 is 5.91 Å². The van der Waals surface area contributed by atoms with Crippen molar-refractivity contribution in [3.05, 3.63) is 235 Å². The number of likely N-dealkylation sites (N-methyl/N-ethyl adjacent to an activating group) is 1. The first-order chi connectivity index (χ1) is 64.6. The molecule has 5 aromatic carbocycles. The van der Waals surface area contributed by atoms with Gasteiger partial charge in [-0.1, -0.05) is 41.9 Å². The number of primary amides is 1. The van der Waals surface area contributed by atoms with Gasteiger partial charge in [0, 0.05) is 98.7 Å². The number of benzene rings is 5. The van der Waals surface area contributed by atoms with Crippen LogP contribution in [0.2, 0.25) is 5.02 Å². The number of pyridine rings is 5. The number of halogens is 1. The number of carbonyl (C=O) groups is 3. The summed E-state index contributed by atoms with van der Waals surface area (Å²) in [5.74, 6) is 7.52. The van der Waals surface area contributed by atoms with Crippen molar-refractivity contribution in [3.8, 4) is 57.8 Å². The van der Waals surface area contributed by atoms with Crippen molar-refractivity contribution < 1.29 is 47.5 Å². The standard InChI is InChI=1S/C19H24N8O2.C19H21N7O3.C17H18ClN7O.C17H20N6O2.C15H15N7O2/c1-26(2)11-10-22-17(28)13-7-8-15(29-3)14(12-13)23-19-24-18(20)27(25-19)16-6-4-5-9-21-16;1-28-15-6-5-13(17(27)25-8-10-29-11-9-25)12-14(15)22-19-23-18(20)26(24-19)16-4-2-3-7-21-16;18-13-11-12(24-7-9-26-10-8-24)4-5-14(13)21-17-22-16(19)25(23-17)15-3-1-2-6-20-15;1-3-24-12-8-9-14(25-4-2)13(11-12)20-17-21-16(18)23(22-17)15-7-5-6-10-19-15;1-24-11-6-5-9(13(16)23)8-10(11)19-15-20-14(17)22(21-15)12-4-2-3-7-18-12/h4-9,12H,10-11H2,1-3H3,(H,22,28)(H3,20,23,24,25);2-7,12H,8-11H2,1H3,(H3,20,22,23,24);1-6,11H,7-10H2,(H3,19,21,22,23);5-11H,3-4H2,1-2H3,(H3,18,20,21,22);2-8H,1H3,(H2,16,23)(H3,17,19,20,21). The maximum absolute atomic E-state index is 12.8. The van der Waals surface area contributed by atoms with Crippen LogP contribution in [0.15, 0.2) is 213 Å². The van der Waals surface area contributed by atoms with E-state index in [0.29, 0.717) is 160 Å². The molecule has 3 amide bonds. The predicted octanol–water partition coefficient (Wildman–Crippen LogP) is 9.12. The Balaban J connectivity index is 0.000000141. The third-order valence-corrected chi connectivity index (χ3v) is 19.5. The molecule has 2 saturated heterocycles. The molecule has 45 nitrogen and oxygen atoms in total. The Hall–Kier alpha value is -17.1. The van der Waals surface area contributed by atoms with Crippen LogP contribution in [0.5, 0.6) is 28.7 Å². The third kappa shape index (κ3) is 25.0. The number of nitrogens with zero attached hydrogens (tertiary/aromatic N) is 23. The first kappa shape index (κ1) is 93.6. The van der Waals surface area contributed by atoms with Crippen molar-refractivity contribution in [2.45, 2.75) is 13.8 Å². The summed E-state index contributed by atoms with van der Waals surface area (Å²) in [5.41, 5.74) is 40.5. The van der Waals surface area contributed by atoms with E-state index >= 15 is 0 Å². The molecule has 0 saturated carbocycles. The van der Waals surface area contributed by atoms with Gasteiger partial charge in [-0.15, -0.1) is 25.5 Å². The molecule has 0 radical (unpaired) electrons. The SMILES string of the molecule is CCOc1ccc(OCC)c(Nc2nc(N)n(-c3ccccn3)n2)c1.COc1ccc(C(=O)N2CCOCC2)cc1Nc1nc(N)n(-c2ccccn2)n1.COc1ccc(C(=O)NCCN(C)C)cc1Nc1nc(N)n(-c2ccccn2)n1.COc1ccc(C(N)=O)cc1Nc1nc(N)n(-c2ccccn2)n1.Nc1nc(Nc2ccc(N3CCOCC3)cc2Cl)nn1-c1ccccn1. The van der Waals surface area contributed by atoms with Gasteiger partial charge in [0.2, 0.25) is 65.4 Å². The lowest BCUT2D eigenvalue weighted by Gasteiger charge is -2.29. The topological polar surface area (TPSA) is 572 Å². The number of methoxy groups -OCH3 is 3. The molecule has 0 atom stereocenters. The second-order valence-corrected chi connectivity index (χ2v) is 28.9. The molecule has 12 heterocycles. The zero-order valence-electron chi connectivity index (χ0n) is 73.4. The second-order valence-electron chi connectivity index (χ2n) is 28.5. The normalized spacial score (nSPS) is 12.0. The Labute approximate surface area is 767 Å².